The van der Waals surface area contributed by atoms with Gasteiger partial charge in [-0.15, -0.1) is 0 Å². The lowest BCUT2D eigenvalue weighted by atomic mass is 10.1. The molecule has 19 heavy (non-hydrogen) atoms. The molecular weight excluding hydrogens is 242 g/mol. The maximum atomic E-state index is 11.8. The van der Waals surface area contributed by atoms with Crippen LogP contribution in [0.2, 0.25) is 0 Å². The van der Waals surface area contributed by atoms with Crippen LogP contribution in [-0.4, -0.2) is 30.3 Å². The minimum atomic E-state index is -0.477. The molecule has 0 aromatic heterocycles. The first-order valence-corrected chi connectivity index (χ1v) is 6.69. The Labute approximate surface area is 113 Å². The monoisotopic (exact) mass is 263 g/mol. The van der Waals surface area contributed by atoms with Crippen LogP contribution in [0.3, 0.4) is 0 Å². The number of benzene rings is 1. The highest BCUT2D eigenvalue weighted by Gasteiger charge is 2.42. The normalized spacial score (nSPS) is 17.8. The van der Waals surface area contributed by atoms with E-state index in [-0.39, 0.29) is 17.9 Å². The van der Waals surface area contributed by atoms with Gasteiger partial charge in [-0.25, -0.2) is 0 Å². The van der Waals surface area contributed by atoms with E-state index < -0.39 is 6.10 Å². The number of rotatable bonds is 7. The number of ether oxygens (including phenoxy) is 1. The molecule has 1 aliphatic carbocycles. The lowest BCUT2D eigenvalue weighted by molar-refractivity contribution is -0.132. The van der Waals surface area contributed by atoms with Crippen LogP contribution in [0.5, 0.6) is 0 Å². The number of carbonyl (C=O) groups excluding carboxylic acids is 1. The maximum absolute atomic E-state index is 11.8. The van der Waals surface area contributed by atoms with Crippen LogP contribution in [0.4, 0.5) is 0 Å². The highest BCUT2D eigenvalue weighted by molar-refractivity contribution is 5.80. The predicted octanol–water partition coefficient (Wildman–Crippen LogP) is 1.48. The molecule has 1 unspecified atom stereocenters. The third kappa shape index (κ3) is 4.04. The Hall–Kier alpha value is -1.39. The first kappa shape index (κ1) is 14.0. The van der Waals surface area contributed by atoms with Gasteiger partial charge in [-0.05, 0) is 25.3 Å². The molecule has 0 radical (unpaired) electrons. The quantitative estimate of drug-likeness (QED) is 0.783. The van der Waals surface area contributed by atoms with Crippen molar-refractivity contribution in [3.8, 4) is 0 Å². The van der Waals surface area contributed by atoms with Gasteiger partial charge in [0.15, 0.2) is 0 Å². The van der Waals surface area contributed by atoms with Gasteiger partial charge < -0.3 is 15.2 Å². The van der Waals surface area contributed by atoms with Crippen LogP contribution in [0.1, 0.15) is 25.3 Å². The van der Waals surface area contributed by atoms with Crippen molar-refractivity contribution in [3.63, 3.8) is 0 Å². The molecule has 0 spiro atoms. The van der Waals surface area contributed by atoms with Crippen LogP contribution in [-0.2, 0) is 16.1 Å². The van der Waals surface area contributed by atoms with E-state index in [9.17, 15) is 9.90 Å². The largest absolute Gasteiger partial charge is 0.396 e. The van der Waals surface area contributed by atoms with E-state index in [1.165, 1.54) is 0 Å². The number of aliphatic hydroxyl groups is 1. The first-order valence-electron chi connectivity index (χ1n) is 6.69. The van der Waals surface area contributed by atoms with E-state index in [1.807, 2.05) is 30.3 Å². The summed E-state index contributed by atoms with van der Waals surface area (Å²) in [5, 5.41) is 12.0. The minimum Gasteiger partial charge on any atom is -0.396 e. The van der Waals surface area contributed by atoms with Gasteiger partial charge in [-0.2, -0.15) is 0 Å². The van der Waals surface area contributed by atoms with E-state index in [2.05, 4.69) is 5.32 Å². The van der Waals surface area contributed by atoms with Crippen LogP contribution < -0.4 is 5.32 Å². The minimum absolute atomic E-state index is 0.0607. The average molecular weight is 263 g/mol. The van der Waals surface area contributed by atoms with Crippen molar-refractivity contribution in [1.29, 1.82) is 0 Å². The number of nitrogens with one attached hydrogen (secondary N) is 1. The highest BCUT2D eigenvalue weighted by Crippen LogP contribution is 2.44. The summed E-state index contributed by atoms with van der Waals surface area (Å²) in [6, 6.07) is 9.78. The fourth-order valence-electron chi connectivity index (χ4n) is 1.86. The summed E-state index contributed by atoms with van der Waals surface area (Å²) in [7, 11) is 0. The number of aliphatic hydroxyl groups excluding tert-OH is 1. The van der Waals surface area contributed by atoms with Crippen molar-refractivity contribution in [1.82, 2.24) is 5.32 Å². The van der Waals surface area contributed by atoms with Gasteiger partial charge in [0.05, 0.1) is 13.2 Å². The maximum Gasteiger partial charge on any atom is 0.248 e. The standard InChI is InChI=1S/C15H21NO3/c1-12(19-9-13-5-3-2-4-6-13)14(18)16-10-15(11-17)7-8-15/h2-6,12,17H,7-11H2,1H3,(H,16,18). The molecular formula is C15H21NO3. The zero-order chi connectivity index (χ0) is 13.7. The average Bonchev–Trinajstić information content (AvgIpc) is 3.24. The summed E-state index contributed by atoms with van der Waals surface area (Å²) in [5.41, 5.74) is 0.991. The van der Waals surface area contributed by atoms with Crippen molar-refractivity contribution in [2.24, 2.45) is 5.41 Å². The smallest absolute Gasteiger partial charge is 0.248 e. The number of hydrogen-bond acceptors (Lipinski definition) is 3. The Morgan fingerprint density at radius 1 is 1.42 bits per heavy atom. The van der Waals surface area contributed by atoms with Crippen LogP contribution >= 0.6 is 0 Å². The van der Waals surface area contributed by atoms with Gasteiger partial charge in [0.2, 0.25) is 5.91 Å². The molecule has 1 aromatic rings. The second kappa shape index (κ2) is 6.17. The molecule has 0 bridgehead atoms. The summed E-state index contributed by atoms with van der Waals surface area (Å²) in [6.45, 7) is 2.87. The Morgan fingerprint density at radius 3 is 2.68 bits per heavy atom. The fourth-order valence-corrected chi connectivity index (χ4v) is 1.86. The van der Waals surface area contributed by atoms with Crippen LogP contribution in [0.15, 0.2) is 30.3 Å². The van der Waals surface area contributed by atoms with Gasteiger partial charge >= 0.3 is 0 Å². The number of carbonyl (C=O) groups is 1. The second-order valence-electron chi connectivity index (χ2n) is 5.31. The van der Waals surface area contributed by atoms with Crippen LogP contribution in [0.25, 0.3) is 0 Å². The van der Waals surface area contributed by atoms with E-state index in [1.54, 1.807) is 6.92 Å². The molecule has 1 aliphatic rings. The Morgan fingerprint density at radius 2 is 2.11 bits per heavy atom. The van der Waals surface area contributed by atoms with Crippen molar-refractivity contribution >= 4 is 5.91 Å². The molecule has 1 amide bonds. The summed E-state index contributed by atoms with van der Waals surface area (Å²) in [6.07, 6.45) is 1.50. The van der Waals surface area contributed by atoms with E-state index in [0.717, 1.165) is 18.4 Å². The molecule has 4 heteroatoms. The van der Waals surface area contributed by atoms with E-state index >= 15 is 0 Å². The third-order valence-electron chi connectivity index (χ3n) is 3.64. The SMILES string of the molecule is CC(OCc1ccccc1)C(=O)NCC1(CO)CC1. The van der Waals surface area contributed by atoms with E-state index in [4.69, 9.17) is 4.74 Å². The summed E-state index contributed by atoms with van der Waals surface area (Å²) in [4.78, 5) is 11.8. The number of amides is 1. The van der Waals surface area contributed by atoms with Gasteiger partial charge in [0, 0.05) is 12.0 Å². The molecule has 1 aromatic carbocycles. The Kier molecular flexibility index (Phi) is 4.56. The lowest BCUT2D eigenvalue weighted by Crippen LogP contribution is -2.38. The highest BCUT2D eigenvalue weighted by atomic mass is 16.5. The molecule has 1 saturated carbocycles. The number of hydrogen-bond donors (Lipinski definition) is 2. The summed E-state index contributed by atoms with van der Waals surface area (Å²) >= 11 is 0. The molecule has 1 fully saturated rings. The summed E-state index contributed by atoms with van der Waals surface area (Å²) < 4.78 is 5.53. The zero-order valence-electron chi connectivity index (χ0n) is 11.3. The molecule has 104 valence electrons. The molecule has 1 atom stereocenters. The molecule has 0 saturated heterocycles. The third-order valence-corrected chi connectivity index (χ3v) is 3.64. The van der Waals surface area contributed by atoms with Gasteiger partial charge in [-0.3, -0.25) is 4.79 Å². The van der Waals surface area contributed by atoms with Gasteiger partial charge in [0.1, 0.15) is 6.10 Å². The van der Waals surface area contributed by atoms with Gasteiger partial charge in [0.25, 0.3) is 0 Å². The summed E-state index contributed by atoms with van der Waals surface area (Å²) in [5.74, 6) is -0.115. The zero-order valence-corrected chi connectivity index (χ0v) is 11.3. The first-order chi connectivity index (χ1) is 9.15. The van der Waals surface area contributed by atoms with Gasteiger partial charge in [-0.1, -0.05) is 30.3 Å². The van der Waals surface area contributed by atoms with Crippen LogP contribution in [0, 0.1) is 5.41 Å². The Balaban J connectivity index is 1.70. The molecule has 0 heterocycles. The fraction of sp³-hybridized carbons (Fsp3) is 0.533. The van der Waals surface area contributed by atoms with Crippen molar-refractivity contribution < 1.29 is 14.6 Å². The second-order valence-corrected chi connectivity index (χ2v) is 5.31. The predicted molar refractivity (Wildman–Crippen MR) is 72.5 cm³/mol. The van der Waals surface area contributed by atoms with Crippen molar-refractivity contribution in [3.05, 3.63) is 35.9 Å². The molecule has 4 nitrogen and oxygen atoms in total. The van der Waals surface area contributed by atoms with Crippen molar-refractivity contribution in [2.45, 2.75) is 32.5 Å². The molecule has 2 rings (SSSR count). The van der Waals surface area contributed by atoms with E-state index in [0.29, 0.717) is 13.2 Å². The molecule has 0 aliphatic heterocycles. The lowest BCUT2D eigenvalue weighted by Gasteiger charge is -2.16. The molecule has 2 N–H and O–H groups in total. The van der Waals surface area contributed by atoms with Crippen molar-refractivity contribution in [2.75, 3.05) is 13.2 Å². The Bertz CT molecular complexity index is 415. The topological polar surface area (TPSA) is 58.6 Å².